The van der Waals surface area contributed by atoms with E-state index in [-0.39, 0.29) is 5.97 Å². The number of hydrogen-bond acceptors (Lipinski definition) is 6. The number of esters is 2. The van der Waals surface area contributed by atoms with Crippen molar-refractivity contribution >= 4 is 18.4 Å². The number of allylic oxidation sites excluding steroid dienone is 1. The Kier molecular flexibility index (Phi) is 5.74. The lowest BCUT2D eigenvalue weighted by Gasteiger charge is -2.34. The number of rotatable bonds is 6. The summed E-state index contributed by atoms with van der Waals surface area (Å²) in [6, 6.07) is 0. The standard InChI is InChI=1S/C16H24O6/c1-11(14(19)20-5)16(4)7-6-13(18)22-12(9-16)8-15(2,3)21-10-17/h6-7,10-12H,8-9H2,1-5H3. The van der Waals surface area contributed by atoms with Crippen LogP contribution in [0.3, 0.4) is 0 Å². The van der Waals surface area contributed by atoms with Crippen LogP contribution >= 0.6 is 0 Å². The minimum absolute atomic E-state index is 0.344. The molecule has 0 saturated carbocycles. The van der Waals surface area contributed by atoms with Gasteiger partial charge < -0.3 is 14.2 Å². The van der Waals surface area contributed by atoms with Crippen LogP contribution in [0.25, 0.3) is 0 Å². The normalized spacial score (nSPS) is 26.6. The molecule has 0 spiro atoms. The molecule has 1 aliphatic heterocycles. The third-order valence-electron chi connectivity index (χ3n) is 4.18. The first kappa shape index (κ1) is 18.2. The molecule has 3 atom stereocenters. The van der Waals surface area contributed by atoms with Crippen molar-refractivity contribution in [2.24, 2.45) is 11.3 Å². The van der Waals surface area contributed by atoms with Crippen LogP contribution in [0.15, 0.2) is 12.2 Å². The maximum absolute atomic E-state index is 11.9. The molecule has 22 heavy (non-hydrogen) atoms. The SMILES string of the molecule is COC(=O)C(C)C1(C)C=CC(=O)OC(CC(C)(C)OC=O)C1. The van der Waals surface area contributed by atoms with Crippen LogP contribution in [0.2, 0.25) is 0 Å². The summed E-state index contributed by atoms with van der Waals surface area (Å²) >= 11 is 0. The van der Waals surface area contributed by atoms with Gasteiger partial charge in [0.15, 0.2) is 0 Å². The lowest BCUT2D eigenvalue weighted by molar-refractivity contribution is -0.152. The highest BCUT2D eigenvalue weighted by Crippen LogP contribution is 2.39. The lowest BCUT2D eigenvalue weighted by Crippen LogP contribution is -2.37. The minimum atomic E-state index is -0.757. The molecule has 0 aromatic heterocycles. The molecule has 0 radical (unpaired) electrons. The second-order valence-electron chi connectivity index (χ2n) is 6.52. The summed E-state index contributed by atoms with van der Waals surface area (Å²) < 4.78 is 15.2. The maximum atomic E-state index is 11.9. The van der Waals surface area contributed by atoms with Crippen molar-refractivity contribution in [1.29, 1.82) is 0 Å². The Hall–Kier alpha value is -1.85. The molecule has 0 aromatic rings. The van der Waals surface area contributed by atoms with Gasteiger partial charge in [-0.25, -0.2) is 4.79 Å². The molecule has 6 heteroatoms. The fourth-order valence-electron chi connectivity index (χ4n) is 2.67. The molecule has 1 heterocycles. The molecule has 0 N–H and O–H groups in total. The van der Waals surface area contributed by atoms with E-state index in [9.17, 15) is 14.4 Å². The van der Waals surface area contributed by atoms with E-state index in [1.165, 1.54) is 13.2 Å². The minimum Gasteiger partial charge on any atom is -0.469 e. The van der Waals surface area contributed by atoms with Gasteiger partial charge in [-0.1, -0.05) is 19.9 Å². The fraction of sp³-hybridized carbons (Fsp3) is 0.688. The summed E-state index contributed by atoms with van der Waals surface area (Å²) in [7, 11) is 1.34. The molecular formula is C16H24O6. The molecular weight excluding hydrogens is 288 g/mol. The van der Waals surface area contributed by atoms with Crippen LogP contribution in [0, 0.1) is 11.3 Å². The van der Waals surface area contributed by atoms with Crippen molar-refractivity contribution in [3.05, 3.63) is 12.2 Å². The third kappa shape index (κ3) is 4.58. The van der Waals surface area contributed by atoms with Gasteiger partial charge in [-0.15, -0.1) is 0 Å². The largest absolute Gasteiger partial charge is 0.469 e. The molecule has 1 aliphatic rings. The van der Waals surface area contributed by atoms with E-state index in [4.69, 9.17) is 14.2 Å². The average molecular weight is 312 g/mol. The van der Waals surface area contributed by atoms with E-state index in [1.54, 1.807) is 26.8 Å². The van der Waals surface area contributed by atoms with Gasteiger partial charge in [-0.3, -0.25) is 9.59 Å². The summed E-state index contributed by atoms with van der Waals surface area (Å²) in [6.45, 7) is 7.51. The summed E-state index contributed by atoms with van der Waals surface area (Å²) in [4.78, 5) is 34.2. The number of methoxy groups -OCH3 is 1. The molecule has 0 bridgehead atoms. The second kappa shape index (κ2) is 6.94. The third-order valence-corrected chi connectivity index (χ3v) is 4.18. The van der Waals surface area contributed by atoms with Crippen LogP contribution in [0.5, 0.6) is 0 Å². The quantitative estimate of drug-likeness (QED) is 0.424. The monoisotopic (exact) mass is 312 g/mol. The van der Waals surface area contributed by atoms with Gasteiger partial charge in [-0.05, 0) is 20.3 Å². The summed E-state index contributed by atoms with van der Waals surface area (Å²) in [5, 5.41) is 0. The predicted molar refractivity (Wildman–Crippen MR) is 78.8 cm³/mol. The number of carbonyl (C=O) groups excluding carboxylic acids is 3. The zero-order chi connectivity index (χ0) is 17.0. The summed E-state index contributed by atoms with van der Waals surface area (Å²) in [6.07, 6.45) is 3.37. The number of ether oxygens (including phenoxy) is 3. The van der Waals surface area contributed by atoms with Gasteiger partial charge in [0.1, 0.15) is 11.7 Å². The van der Waals surface area contributed by atoms with E-state index >= 15 is 0 Å². The smallest absolute Gasteiger partial charge is 0.330 e. The molecule has 6 nitrogen and oxygen atoms in total. The Bertz CT molecular complexity index is 467. The average Bonchev–Trinajstić information content (AvgIpc) is 2.56. The number of cyclic esters (lactones) is 1. The highest BCUT2D eigenvalue weighted by molar-refractivity contribution is 5.83. The molecule has 3 unspecified atom stereocenters. The van der Waals surface area contributed by atoms with Gasteiger partial charge in [-0.2, -0.15) is 0 Å². The van der Waals surface area contributed by atoms with Crippen molar-refractivity contribution in [3.63, 3.8) is 0 Å². The summed E-state index contributed by atoms with van der Waals surface area (Å²) in [5.41, 5.74) is -1.34. The van der Waals surface area contributed by atoms with E-state index < -0.39 is 29.0 Å². The molecule has 1 rings (SSSR count). The lowest BCUT2D eigenvalue weighted by atomic mass is 9.73. The van der Waals surface area contributed by atoms with Crippen LogP contribution in [0.4, 0.5) is 0 Å². The van der Waals surface area contributed by atoms with Crippen LogP contribution in [0.1, 0.15) is 40.5 Å². The Morgan fingerprint density at radius 3 is 2.77 bits per heavy atom. The Morgan fingerprint density at radius 1 is 1.59 bits per heavy atom. The van der Waals surface area contributed by atoms with Gasteiger partial charge in [0.05, 0.1) is 13.0 Å². The van der Waals surface area contributed by atoms with E-state index in [2.05, 4.69) is 0 Å². The first-order valence-corrected chi connectivity index (χ1v) is 7.22. The summed E-state index contributed by atoms with van der Waals surface area (Å²) in [5.74, 6) is -1.24. The molecule has 0 amide bonds. The topological polar surface area (TPSA) is 78.9 Å². The van der Waals surface area contributed by atoms with Crippen molar-refractivity contribution < 1.29 is 28.6 Å². The van der Waals surface area contributed by atoms with Gasteiger partial charge >= 0.3 is 11.9 Å². The van der Waals surface area contributed by atoms with Crippen molar-refractivity contribution in [1.82, 2.24) is 0 Å². The predicted octanol–water partition coefficient (Wildman–Crippen LogP) is 2.02. The fourth-order valence-corrected chi connectivity index (χ4v) is 2.67. The van der Waals surface area contributed by atoms with Crippen LogP contribution < -0.4 is 0 Å². The molecule has 0 aliphatic carbocycles. The molecule has 0 fully saturated rings. The zero-order valence-electron chi connectivity index (χ0n) is 13.8. The molecule has 0 saturated heterocycles. The zero-order valence-corrected chi connectivity index (χ0v) is 13.8. The Balaban J connectivity index is 2.97. The Morgan fingerprint density at radius 2 is 2.23 bits per heavy atom. The first-order valence-electron chi connectivity index (χ1n) is 7.22. The van der Waals surface area contributed by atoms with Crippen LogP contribution in [-0.2, 0) is 28.6 Å². The van der Waals surface area contributed by atoms with E-state index in [0.717, 1.165) is 0 Å². The van der Waals surface area contributed by atoms with Crippen molar-refractivity contribution in [2.75, 3.05) is 7.11 Å². The van der Waals surface area contributed by atoms with E-state index in [0.29, 0.717) is 19.3 Å². The number of hydrogen-bond donors (Lipinski definition) is 0. The maximum Gasteiger partial charge on any atom is 0.330 e. The van der Waals surface area contributed by atoms with Gasteiger partial charge in [0.25, 0.3) is 6.47 Å². The van der Waals surface area contributed by atoms with Gasteiger partial charge in [0.2, 0.25) is 0 Å². The molecule has 0 aromatic carbocycles. The van der Waals surface area contributed by atoms with Crippen molar-refractivity contribution in [2.45, 2.75) is 52.2 Å². The Labute approximate surface area is 130 Å². The van der Waals surface area contributed by atoms with Gasteiger partial charge in [0, 0.05) is 17.9 Å². The van der Waals surface area contributed by atoms with Crippen LogP contribution in [-0.4, -0.2) is 37.2 Å². The number of carbonyl (C=O) groups is 3. The highest BCUT2D eigenvalue weighted by atomic mass is 16.6. The van der Waals surface area contributed by atoms with E-state index in [1.807, 2.05) is 6.92 Å². The first-order chi connectivity index (χ1) is 10.1. The van der Waals surface area contributed by atoms with Crippen molar-refractivity contribution in [3.8, 4) is 0 Å². The molecule has 124 valence electrons. The highest BCUT2D eigenvalue weighted by Gasteiger charge is 2.41. The second-order valence-corrected chi connectivity index (χ2v) is 6.52.